The Morgan fingerprint density at radius 2 is 2.06 bits per heavy atom. The third kappa shape index (κ3) is 3.68. The molecule has 2 aromatic rings. The maximum Gasteiger partial charge on any atom is 0.341 e. The number of carbonyl (C=O) groups excluding carboxylic acids is 2. The van der Waals surface area contributed by atoms with Gasteiger partial charge in [-0.1, -0.05) is 6.42 Å². The predicted octanol–water partition coefficient (Wildman–Crippen LogP) is 5.56. The highest BCUT2D eigenvalue weighted by Gasteiger charge is 2.42. The van der Waals surface area contributed by atoms with Crippen molar-refractivity contribution in [3.63, 3.8) is 0 Å². The molecule has 3 heterocycles. The van der Waals surface area contributed by atoms with Crippen LogP contribution in [0, 0.1) is 11.3 Å². The van der Waals surface area contributed by atoms with Crippen LogP contribution in [0.3, 0.4) is 0 Å². The number of aryl methyl sites for hydroxylation is 1. The van der Waals surface area contributed by atoms with Crippen molar-refractivity contribution in [2.75, 3.05) is 11.5 Å². The molecule has 2 N–H and O–H groups in total. The highest BCUT2D eigenvalue weighted by molar-refractivity contribution is 7.16. The average molecular weight is 494 g/mol. The van der Waals surface area contributed by atoms with Crippen LogP contribution in [-0.2, 0) is 22.4 Å². The number of ketones is 1. The molecule has 0 saturated carbocycles. The van der Waals surface area contributed by atoms with Gasteiger partial charge < -0.3 is 10.5 Å². The average Bonchev–Trinajstić information content (AvgIpc) is 3.41. The van der Waals surface area contributed by atoms with E-state index in [9.17, 15) is 14.9 Å². The molecule has 0 fully saturated rings. The Balaban J connectivity index is 1.76. The zero-order valence-electron chi connectivity index (χ0n) is 19.2. The predicted molar refractivity (Wildman–Crippen MR) is 134 cm³/mol. The Labute approximate surface area is 207 Å². The number of thiophene rings is 2. The zero-order chi connectivity index (χ0) is 23.8. The largest absolute Gasteiger partial charge is 0.462 e. The van der Waals surface area contributed by atoms with Crippen LogP contribution in [0.25, 0.3) is 0 Å². The van der Waals surface area contributed by atoms with Crippen LogP contribution in [-0.4, -0.2) is 18.4 Å². The second-order valence-corrected chi connectivity index (χ2v) is 10.7. The number of nitriles is 1. The molecular formula is C26H27N3O3S2. The molecule has 176 valence electrons. The van der Waals surface area contributed by atoms with Crippen LogP contribution >= 0.6 is 22.7 Å². The van der Waals surface area contributed by atoms with Gasteiger partial charge in [-0.25, -0.2) is 4.79 Å². The Bertz CT molecular complexity index is 1250. The monoisotopic (exact) mass is 493 g/mol. The summed E-state index contributed by atoms with van der Waals surface area (Å²) in [5, 5.41) is 14.8. The molecule has 1 atom stereocenters. The molecule has 34 heavy (non-hydrogen) atoms. The van der Waals surface area contributed by atoms with E-state index in [1.165, 1.54) is 16.2 Å². The molecule has 3 aliphatic rings. The van der Waals surface area contributed by atoms with Crippen LogP contribution in [0.1, 0.15) is 77.7 Å². The minimum Gasteiger partial charge on any atom is -0.462 e. The molecule has 0 amide bonds. The van der Waals surface area contributed by atoms with Crippen LogP contribution in [0.15, 0.2) is 39.5 Å². The first-order valence-corrected chi connectivity index (χ1v) is 13.6. The van der Waals surface area contributed by atoms with Crippen molar-refractivity contribution in [2.45, 2.75) is 64.2 Å². The van der Waals surface area contributed by atoms with E-state index in [0.717, 1.165) is 55.3 Å². The standard InChI is InChI=1S/C26H27N3O3S2/c1-2-32-26(31)22-16-7-4-3-5-10-20(16)34-25(22)29-18-8-6-9-19(30)23(18)21(15-11-12-33-14-15)17(13-27)24(29)28/h11-12,14,21H,2-10,28H2,1H3. The van der Waals surface area contributed by atoms with E-state index in [2.05, 4.69) is 6.07 Å². The second-order valence-electron chi connectivity index (χ2n) is 8.84. The molecule has 0 saturated heterocycles. The van der Waals surface area contributed by atoms with E-state index in [4.69, 9.17) is 10.5 Å². The van der Waals surface area contributed by atoms with Gasteiger partial charge in [-0.05, 0) is 73.4 Å². The molecule has 0 radical (unpaired) electrons. The molecule has 2 aromatic heterocycles. The summed E-state index contributed by atoms with van der Waals surface area (Å²) in [7, 11) is 0. The molecule has 0 aromatic carbocycles. The lowest BCUT2D eigenvalue weighted by molar-refractivity contribution is -0.116. The summed E-state index contributed by atoms with van der Waals surface area (Å²) in [6.07, 6.45) is 6.83. The van der Waals surface area contributed by atoms with E-state index in [1.54, 1.807) is 18.3 Å². The summed E-state index contributed by atoms with van der Waals surface area (Å²) in [5.41, 5.74) is 11.1. The minimum atomic E-state index is -0.459. The molecule has 8 heteroatoms. The van der Waals surface area contributed by atoms with Gasteiger partial charge in [0.1, 0.15) is 10.8 Å². The number of hydrogen-bond acceptors (Lipinski definition) is 8. The summed E-state index contributed by atoms with van der Waals surface area (Å²) in [5.74, 6) is -0.445. The number of Topliss-reactive ketones (excluding diaryl/α,β-unsaturated/α-hetero) is 1. The quantitative estimate of drug-likeness (QED) is 0.442. The highest BCUT2D eigenvalue weighted by Crippen LogP contribution is 2.50. The molecule has 0 bridgehead atoms. The van der Waals surface area contributed by atoms with Gasteiger partial charge >= 0.3 is 5.97 Å². The SMILES string of the molecule is CCOC(=O)c1c(N2C(N)=C(C#N)C(c3ccsc3)C3=C2CCCC3=O)sc2c1CCCCC2. The Hall–Kier alpha value is -2.89. The zero-order valence-corrected chi connectivity index (χ0v) is 20.8. The topological polar surface area (TPSA) is 96.4 Å². The minimum absolute atomic E-state index is 0.0542. The summed E-state index contributed by atoms with van der Waals surface area (Å²) in [4.78, 5) is 29.6. The normalized spacial score (nSPS) is 20.5. The first-order valence-electron chi connectivity index (χ1n) is 11.9. The number of nitrogens with two attached hydrogens (primary N) is 1. The number of nitrogens with zero attached hydrogens (tertiary/aromatic N) is 2. The maximum absolute atomic E-state index is 13.3. The fourth-order valence-corrected chi connectivity index (χ4v) is 7.49. The summed E-state index contributed by atoms with van der Waals surface area (Å²) in [6.45, 7) is 2.09. The summed E-state index contributed by atoms with van der Waals surface area (Å²) in [6, 6.07) is 4.27. The van der Waals surface area contributed by atoms with Gasteiger partial charge in [0.2, 0.25) is 0 Å². The van der Waals surface area contributed by atoms with Crippen molar-refractivity contribution >= 4 is 39.4 Å². The number of anilines is 1. The van der Waals surface area contributed by atoms with Gasteiger partial charge in [-0.15, -0.1) is 11.3 Å². The van der Waals surface area contributed by atoms with Gasteiger partial charge in [0, 0.05) is 22.6 Å². The van der Waals surface area contributed by atoms with E-state index in [-0.39, 0.29) is 18.4 Å². The number of carbonyl (C=O) groups is 2. The summed E-state index contributed by atoms with van der Waals surface area (Å²) < 4.78 is 5.49. The fraction of sp³-hybridized carbons (Fsp3) is 0.423. The van der Waals surface area contributed by atoms with Crippen molar-refractivity contribution in [1.29, 1.82) is 5.26 Å². The number of ether oxygens (including phenoxy) is 1. The maximum atomic E-state index is 13.3. The molecule has 5 rings (SSSR count). The number of esters is 1. The molecule has 6 nitrogen and oxygen atoms in total. The van der Waals surface area contributed by atoms with Crippen LogP contribution < -0.4 is 10.6 Å². The van der Waals surface area contributed by atoms with Crippen molar-refractivity contribution in [1.82, 2.24) is 0 Å². The first-order chi connectivity index (χ1) is 16.6. The molecule has 1 unspecified atom stereocenters. The van der Waals surface area contributed by atoms with E-state index in [0.29, 0.717) is 40.4 Å². The Morgan fingerprint density at radius 3 is 2.79 bits per heavy atom. The third-order valence-electron chi connectivity index (χ3n) is 6.88. The molecule has 2 aliphatic carbocycles. The van der Waals surface area contributed by atoms with Crippen molar-refractivity contribution in [3.8, 4) is 6.07 Å². The van der Waals surface area contributed by atoms with Gasteiger partial charge in [-0.2, -0.15) is 16.6 Å². The fourth-order valence-electron chi connectivity index (χ4n) is 5.39. The van der Waals surface area contributed by atoms with Crippen LogP contribution in [0.2, 0.25) is 0 Å². The number of fused-ring (bicyclic) bond motifs is 1. The molecule has 1 aliphatic heterocycles. The smallest absolute Gasteiger partial charge is 0.341 e. The lowest BCUT2D eigenvalue weighted by atomic mass is 9.76. The van der Waals surface area contributed by atoms with Gasteiger partial charge in [0.05, 0.1) is 29.7 Å². The van der Waals surface area contributed by atoms with Crippen molar-refractivity contribution < 1.29 is 14.3 Å². The number of allylic oxidation sites excluding steroid dienone is 3. The van der Waals surface area contributed by atoms with Crippen LogP contribution in [0.5, 0.6) is 0 Å². The van der Waals surface area contributed by atoms with Crippen LogP contribution in [0.4, 0.5) is 5.00 Å². The Kier molecular flexibility index (Phi) is 6.32. The molecule has 0 spiro atoms. The molecular weight excluding hydrogens is 466 g/mol. The van der Waals surface area contributed by atoms with E-state index < -0.39 is 5.92 Å². The van der Waals surface area contributed by atoms with E-state index in [1.807, 2.05) is 21.7 Å². The lowest BCUT2D eigenvalue weighted by Crippen LogP contribution is -2.39. The third-order valence-corrected chi connectivity index (χ3v) is 8.85. The van der Waals surface area contributed by atoms with E-state index >= 15 is 0 Å². The summed E-state index contributed by atoms with van der Waals surface area (Å²) >= 11 is 3.10. The lowest BCUT2D eigenvalue weighted by Gasteiger charge is -2.39. The van der Waals surface area contributed by atoms with Crippen molar-refractivity contribution in [3.05, 3.63) is 61.1 Å². The number of hydrogen-bond donors (Lipinski definition) is 1. The van der Waals surface area contributed by atoms with Gasteiger partial charge in [-0.3, -0.25) is 9.69 Å². The highest BCUT2D eigenvalue weighted by atomic mass is 32.1. The Morgan fingerprint density at radius 1 is 1.24 bits per heavy atom. The van der Waals surface area contributed by atoms with Gasteiger partial charge in [0.15, 0.2) is 5.78 Å². The second kappa shape index (κ2) is 9.40. The van der Waals surface area contributed by atoms with Gasteiger partial charge in [0.25, 0.3) is 0 Å². The first kappa shape index (κ1) is 22.9. The van der Waals surface area contributed by atoms with Crippen molar-refractivity contribution in [2.24, 2.45) is 5.73 Å². The number of rotatable bonds is 4.